The summed E-state index contributed by atoms with van der Waals surface area (Å²) in [6, 6.07) is 7.26. The van der Waals surface area contributed by atoms with Crippen LogP contribution in [0.1, 0.15) is 30.5 Å². The van der Waals surface area contributed by atoms with Gasteiger partial charge in [-0.25, -0.2) is 0 Å². The van der Waals surface area contributed by atoms with Crippen molar-refractivity contribution in [3.63, 3.8) is 0 Å². The van der Waals surface area contributed by atoms with Gasteiger partial charge in [-0.05, 0) is 32.9 Å². The van der Waals surface area contributed by atoms with E-state index >= 15 is 0 Å². The maximum Gasteiger partial charge on any atom is 0.123 e. The topological polar surface area (TPSA) is 33.3 Å². The van der Waals surface area contributed by atoms with Crippen LogP contribution in [0.25, 0.3) is 0 Å². The summed E-state index contributed by atoms with van der Waals surface area (Å²) >= 11 is 0. The highest BCUT2D eigenvalue weighted by atomic mass is 16.5. The van der Waals surface area contributed by atoms with Gasteiger partial charge in [-0.15, -0.1) is 0 Å². The van der Waals surface area contributed by atoms with Gasteiger partial charge in [0, 0.05) is 24.2 Å². The van der Waals surface area contributed by atoms with Crippen LogP contribution in [0.15, 0.2) is 18.2 Å². The minimum absolute atomic E-state index is 0.328. The average Bonchev–Trinajstić information content (AvgIpc) is 2.81. The summed E-state index contributed by atoms with van der Waals surface area (Å²) in [5, 5.41) is 7.03. The largest absolute Gasteiger partial charge is 0.496 e. The van der Waals surface area contributed by atoms with Gasteiger partial charge >= 0.3 is 0 Å². The molecule has 1 aromatic rings. The molecule has 2 unspecified atom stereocenters. The Bertz CT molecular complexity index is 372. The van der Waals surface area contributed by atoms with E-state index < -0.39 is 0 Å². The minimum Gasteiger partial charge on any atom is -0.496 e. The molecule has 94 valence electrons. The van der Waals surface area contributed by atoms with E-state index in [1.807, 2.05) is 0 Å². The van der Waals surface area contributed by atoms with Crippen molar-refractivity contribution in [3.05, 3.63) is 29.3 Å². The van der Waals surface area contributed by atoms with Gasteiger partial charge in [0.25, 0.3) is 0 Å². The van der Waals surface area contributed by atoms with Crippen LogP contribution < -0.4 is 15.4 Å². The van der Waals surface area contributed by atoms with Gasteiger partial charge in [-0.2, -0.15) is 0 Å². The van der Waals surface area contributed by atoms with Crippen LogP contribution in [0.3, 0.4) is 0 Å². The lowest BCUT2D eigenvalue weighted by molar-refractivity contribution is 0.395. The Morgan fingerprint density at radius 1 is 1.47 bits per heavy atom. The Balaban J connectivity index is 2.11. The van der Waals surface area contributed by atoms with Gasteiger partial charge in [0.15, 0.2) is 0 Å². The van der Waals surface area contributed by atoms with Crippen molar-refractivity contribution in [1.29, 1.82) is 0 Å². The number of benzene rings is 1. The summed E-state index contributed by atoms with van der Waals surface area (Å²) in [4.78, 5) is 0. The molecule has 0 spiro atoms. The van der Waals surface area contributed by atoms with Crippen LogP contribution in [-0.2, 0) is 0 Å². The number of methoxy groups -OCH3 is 1. The Morgan fingerprint density at radius 3 is 2.94 bits per heavy atom. The molecule has 1 saturated heterocycles. The number of rotatable bonds is 4. The molecule has 1 fully saturated rings. The maximum atomic E-state index is 5.43. The lowest BCUT2D eigenvalue weighted by Crippen LogP contribution is -2.33. The highest BCUT2D eigenvalue weighted by molar-refractivity contribution is 5.38. The molecule has 1 aliphatic rings. The van der Waals surface area contributed by atoms with E-state index in [9.17, 15) is 0 Å². The smallest absolute Gasteiger partial charge is 0.123 e. The predicted octanol–water partition coefficient (Wildman–Crippen LogP) is 2.02. The zero-order valence-electron chi connectivity index (χ0n) is 10.9. The Labute approximate surface area is 104 Å². The molecule has 17 heavy (non-hydrogen) atoms. The molecular weight excluding hydrogens is 212 g/mol. The molecule has 1 heterocycles. The van der Waals surface area contributed by atoms with Crippen molar-refractivity contribution in [1.82, 2.24) is 10.6 Å². The molecule has 0 radical (unpaired) electrons. The SMILES string of the molecule is COc1ccc(C)cc1C(C)NC1CCNC1. The van der Waals surface area contributed by atoms with Crippen molar-refractivity contribution in [2.45, 2.75) is 32.4 Å². The molecule has 0 amide bonds. The third kappa shape index (κ3) is 2.99. The van der Waals surface area contributed by atoms with Gasteiger partial charge in [-0.1, -0.05) is 17.7 Å². The summed E-state index contributed by atoms with van der Waals surface area (Å²) in [6.07, 6.45) is 1.21. The third-order valence-electron chi connectivity index (χ3n) is 3.40. The predicted molar refractivity (Wildman–Crippen MR) is 70.6 cm³/mol. The highest BCUT2D eigenvalue weighted by Gasteiger charge is 2.19. The number of nitrogens with one attached hydrogen (secondary N) is 2. The third-order valence-corrected chi connectivity index (χ3v) is 3.40. The van der Waals surface area contributed by atoms with Crippen LogP contribution in [0.2, 0.25) is 0 Å². The highest BCUT2D eigenvalue weighted by Crippen LogP contribution is 2.26. The van der Waals surface area contributed by atoms with Gasteiger partial charge in [0.05, 0.1) is 7.11 Å². The van der Waals surface area contributed by atoms with Crippen molar-refractivity contribution in [2.24, 2.45) is 0 Å². The van der Waals surface area contributed by atoms with E-state index in [0.717, 1.165) is 18.8 Å². The summed E-state index contributed by atoms with van der Waals surface area (Å²) < 4.78 is 5.43. The lowest BCUT2D eigenvalue weighted by atomic mass is 10.0. The minimum atomic E-state index is 0.328. The average molecular weight is 234 g/mol. The molecule has 2 atom stereocenters. The molecule has 0 aliphatic carbocycles. The normalized spacial score (nSPS) is 21.5. The fourth-order valence-corrected chi connectivity index (χ4v) is 2.43. The van der Waals surface area contributed by atoms with E-state index in [2.05, 4.69) is 42.7 Å². The Hall–Kier alpha value is -1.06. The second-order valence-corrected chi connectivity index (χ2v) is 4.82. The molecule has 3 nitrogen and oxygen atoms in total. The van der Waals surface area contributed by atoms with Gasteiger partial charge in [-0.3, -0.25) is 0 Å². The molecule has 2 rings (SSSR count). The van der Waals surface area contributed by atoms with E-state index in [1.54, 1.807) is 7.11 Å². The Morgan fingerprint density at radius 2 is 2.29 bits per heavy atom. The molecule has 0 aromatic heterocycles. The van der Waals surface area contributed by atoms with Crippen molar-refractivity contribution in [3.8, 4) is 5.75 Å². The monoisotopic (exact) mass is 234 g/mol. The van der Waals surface area contributed by atoms with Gasteiger partial charge in [0.2, 0.25) is 0 Å². The molecule has 2 N–H and O–H groups in total. The quantitative estimate of drug-likeness (QED) is 0.836. The zero-order chi connectivity index (χ0) is 12.3. The first-order valence-corrected chi connectivity index (χ1v) is 6.32. The van der Waals surface area contributed by atoms with Crippen LogP contribution in [-0.4, -0.2) is 26.2 Å². The molecule has 0 bridgehead atoms. The maximum absolute atomic E-state index is 5.43. The Kier molecular flexibility index (Phi) is 4.02. The van der Waals surface area contributed by atoms with Crippen molar-refractivity contribution >= 4 is 0 Å². The second-order valence-electron chi connectivity index (χ2n) is 4.82. The number of hydrogen-bond donors (Lipinski definition) is 2. The molecule has 1 aliphatic heterocycles. The molecular formula is C14H22N2O. The summed E-state index contributed by atoms with van der Waals surface area (Å²) in [5.74, 6) is 0.974. The number of aryl methyl sites for hydroxylation is 1. The fraction of sp³-hybridized carbons (Fsp3) is 0.571. The van der Waals surface area contributed by atoms with E-state index in [-0.39, 0.29) is 0 Å². The molecule has 3 heteroatoms. The molecule has 1 aromatic carbocycles. The van der Waals surface area contributed by atoms with Crippen LogP contribution >= 0.6 is 0 Å². The van der Waals surface area contributed by atoms with E-state index in [0.29, 0.717) is 12.1 Å². The number of ether oxygens (including phenoxy) is 1. The lowest BCUT2D eigenvalue weighted by Gasteiger charge is -2.21. The van der Waals surface area contributed by atoms with Crippen LogP contribution in [0.5, 0.6) is 5.75 Å². The first kappa shape index (κ1) is 12.4. The first-order valence-electron chi connectivity index (χ1n) is 6.32. The van der Waals surface area contributed by atoms with Crippen molar-refractivity contribution in [2.75, 3.05) is 20.2 Å². The van der Waals surface area contributed by atoms with Crippen molar-refractivity contribution < 1.29 is 4.74 Å². The zero-order valence-corrected chi connectivity index (χ0v) is 10.9. The standard InChI is InChI=1S/C14H22N2O/c1-10-4-5-14(17-3)13(8-10)11(2)16-12-6-7-15-9-12/h4-5,8,11-12,15-16H,6-7,9H2,1-3H3. The molecule has 0 saturated carbocycles. The summed E-state index contributed by atoms with van der Waals surface area (Å²) in [5.41, 5.74) is 2.53. The first-order chi connectivity index (χ1) is 8.20. The second kappa shape index (κ2) is 5.52. The summed E-state index contributed by atoms with van der Waals surface area (Å²) in [7, 11) is 1.73. The van der Waals surface area contributed by atoms with Gasteiger partial charge < -0.3 is 15.4 Å². The fourth-order valence-electron chi connectivity index (χ4n) is 2.43. The van der Waals surface area contributed by atoms with Crippen LogP contribution in [0.4, 0.5) is 0 Å². The van der Waals surface area contributed by atoms with E-state index in [1.165, 1.54) is 17.5 Å². The van der Waals surface area contributed by atoms with Gasteiger partial charge in [0.1, 0.15) is 5.75 Å². The number of hydrogen-bond acceptors (Lipinski definition) is 3. The van der Waals surface area contributed by atoms with Crippen LogP contribution in [0, 0.1) is 6.92 Å². The van der Waals surface area contributed by atoms with E-state index in [4.69, 9.17) is 4.74 Å². The summed E-state index contributed by atoms with van der Waals surface area (Å²) in [6.45, 7) is 6.51.